The summed E-state index contributed by atoms with van der Waals surface area (Å²) in [5, 5.41) is 5.70. The topological polar surface area (TPSA) is 28.1 Å². The zero-order valence-electron chi connectivity index (χ0n) is 16.1. The fourth-order valence-corrected chi connectivity index (χ4v) is 7.73. The highest BCUT2D eigenvalue weighted by atomic mass is 32.4. The van der Waals surface area contributed by atoms with Gasteiger partial charge in [0, 0.05) is 30.9 Å². The summed E-state index contributed by atoms with van der Waals surface area (Å²) in [6.45, 7) is 4.56. The first-order chi connectivity index (χ1) is 12.4. The van der Waals surface area contributed by atoms with Crippen molar-refractivity contribution >= 4 is 30.1 Å². The number of hydrogen-bond donors (Lipinski definition) is 0. The SMILES string of the molecule is CN1/C(=C2\C=NN(C)[P@@]2(=S)OC2CCCCC2)C(C)(C)c2ccccc21. The molecule has 0 amide bonds. The van der Waals surface area contributed by atoms with E-state index in [0.29, 0.717) is 0 Å². The van der Waals surface area contributed by atoms with Crippen LogP contribution in [0.5, 0.6) is 0 Å². The van der Waals surface area contributed by atoms with E-state index < -0.39 is 6.42 Å². The summed E-state index contributed by atoms with van der Waals surface area (Å²) >= 11 is 6.20. The summed E-state index contributed by atoms with van der Waals surface area (Å²) in [5.74, 6) is 0. The number of benzene rings is 1. The third-order valence-electron chi connectivity index (χ3n) is 5.99. The fraction of sp³-hybridized carbons (Fsp3) is 0.550. The summed E-state index contributed by atoms with van der Waals surface area (Å²) in [6.07, 6.45) is 5.92. The molecule has 2 aliphatic heterocycles. The second-order valence-corrected chi connectivity index (χ2v) is 11.9. The molecule has 1 atom stereocenters. The highest BCUT2D eigenvalue weighted by Crippen LogP contribution is 2.65. The minimum Gasteiger partial charge on any atom is -0.346 e. The maximum atomic E-state index is 6.66. The lowest BCUT2D eigenvalue weighted by atomic mass is 9.84. The van der Waals surface area contributed by atoms with E-state index in [9.17, 15) is 0 Å². The van der Waals surface area contributed by atoms with Crippen LogP contribution in [0.15, 0.2) is 40.4 Å². The minimum atomic E-state index is -2.35. The van der Waals surface area contributed by atoms with E-state index >= 15 is 0 Å². The summed E-state index contributed by atoms with van der Waals surface area (Å²) in [7, 11) is 4.12. The van der Waals surface area contributed by atoms with E-state index in [1.807, 2.05) is 18.0 Å². The molecule has 0 aromatic heterocycles. The number of fused-ring (bicyclic) bond motifs is 1. The predicted molar refractivity (Wildman–Crippen MR) is 113 cm³/mol. The zero-order chi connectivity index (χ0) is 18.5. The maximum Gasteiger partial charge on any atom is 0.204 e. The van der Waals surface area contributed by atoms with Gasteiger partial charge in [-0.15, -0.1) is 0 Å². The lowest BCUT2D eigenvalue weighted by Gasteiger charge is -2.34. The number of para-hydroxylation sites is 1. The molecule has 1 saturated carbocycles. The molecule has 1 aliphatic carbocycles. The molecular formula is C20H28N3OPS. The molecule has 4 nitrogen and oxygen atoms in total. The van der Waals surface area contributed by atoms with Gasteiger partial charge in [-0.2, -0.15) is 5.10 Å². The van der Waals surface area contributed by atoms with E-state index in [0.717, 1.165) is 18.2 Å². The van der Waals surface area contributed by atoms with Gasteiger partial charge in [-0.3, -0.25) is 0 Å². The van der Waals surface area contributed by atoms with Gasteiger partial charge in [0.1, 0.15) is 0 Å². The molecule has 0 spiro atoms. The second-order valence-electron chi connectivity index (χ2n) is 8.05. The number of hydrogen-bond acceptors (Lipinski definition) is 4. The Bertz CT molecular complexity index is 826. The predicted octanol–water partition coefficient (Wildman–Crippen LogP) is 5.22. The first kappa shape index (κ1) is 18.2. The van der Waals surface area contributed by atoms with Crippen LogP contribution in [0.1, 0.15) is 51.5 Å². The Hall–Kier alpha value is -1.16. The van der Waals surface area contributed by atoms with Gasteiger partial charge in [0.15, 0.2) is 0 Å². The van der Waals surface area contributed by atoms with Crippen molar-refractivity contribution in [3.63, 3.8) is 0 Å². The minimum absolute atomic E-state index is 0.113. The third-order valence-corrected chi connectivity index (χ3v) is 9.93. The Morgan fingerprint density at radius 1 is 1.15 bits per heavy atom. The monoisotopic (exact) mass is 389 g/mol. The second kappa shape index (κ2) is 6.47. The van der Waals surface area contributed by atoms with Gasteiger partial charge >= 0.3 is 0 Å². The van der Waals surface area contributed by atoms with Crippen molar-refractivity contribution in [2.75, 3.05) is 19.0 Å². The number of hydrazone groups is 1. The van der Waals surface area contributed by atoms with Crippen LogP contribution in [0, 0.1) is 0 Å². The van der Waals surface area contributed by atoms with E-state index in [4.69, 9.17) is 16.3 Å². The zero-order valence-corrected chi connectivity index (χ0v) is 17.8. The molecule has 0 bridgehead atoms. The molecular weight excluding hydrogens is 361 g/mol. The first-order valence-corrected chi connectivity index (χ1v) is 12.2. The lowest BCUT2D eigenvalue weighted by Crippen LogP contribution is -2.26. The molecule has 6 heteroatoms. The van der Waals surface area contributed by atoms with Gasteiger partial charge in [-0.05, 0) is 36.3 Å². The third kappa shape index (κ3) is 2.67. The highest BCUT2D eigenvalue weighted by molar-refractivity contribution is 8.13. The normalized spacial score (nSPS) is 30.9. The van der Waals surface area contributed by atoms with Crippen LogP contribution in [-0.2, 0) is 21.7 Å². The smallest absolute Gasteiger partial charge is 0.204 e. The Morgan fingerprint density at radius 3 is 2.54 bits per heavy atom. The Kier molecular flexibility index (Phi) is 4.53. The van der Waals surface area contributed by atoms with Crippen LogP contribution >= 0.6 is 6.42 Å². The van der Waals surface area contributed by atoms with Gasteiger partial charge in [0.05, 0.1) is 17.6 Å². The van der Waals surface area contributed by atoms with Gasteiger partial charge in [-0.25, -0.2) is 4.78 Å². The molecule has 1 aromatic rings. The molecule has 140 valence electrons. The quantitative estimate of drug-likeness (QED) is 0.649. The standard InChI is InChI=1S/C20H28N3OPS/c1-20(2)16-12-8-9-13-17(16)22(3)19(20)18-14-21-23(4)25(18,26)24-15-10-6-5-7-11-15/h8-9,12-15H,5-7,10-11H2,1-4H3/b19-18+/t25-/m1/s1. The molecule has 3 aliphatic rings. The van der Waals surface area contributed by atoms with E-state index in [1.54, 1.807) is 0 Å². The van der Waals surface area contributed by atoms with Crippen molar-refractivity contribution < 1.29 is 4.52 Å². The number of anilines is 1. The average Bonchev–Trinajstić information content (AvgIpc) is 3.01. The van der Waals surface area contributed by atoms with Gasteiger partial charge < -0.3 is 9.42 Å². The van der Waals surface area contributed by atoms with Crippen molar-refractivity contribution in [1.82, 2.24) is 4.78 Å². The molecule has 0 radical (unpaired) electrons. The Labute approximate surface area is 162 Å². The van der Waals surface area contributed by atoms with Crippen LogP contribution in [0.25, 0.3) is 0 Å². The van der Waals surface area contributed by atoms with Gasteiger partial charge in [0.25, 0.3) is 0 Å². The molecule has 0 saturated heterocycles. The highest BCUT2D eigenvalue weighted by Gasteiger charge is 2.46. The van der Waals surface area contributed by atoms with E-state index in [-0.39, 0.29) is 11.5 Å². The lowest BCUT2D eigenvalue weighted by molar-refractivity contribution is 0.163. The van der Waals surface area contributed by atoms with Crippen LogP contribution in [0.4, 0.5) is 5.69 Å². The van der Waals surface area contributed by atoms with Crippen molar-refractivity contribution in [2.24, 2.45) is 5.10 Å². The molecule has 1 fully saturated rings. The number of nitrogens with zero attached hydrogens (tertiary/aromatic N) is 3. The average molecular weight is 390 g/mol. The maximum absolute atomic E-state index is 6.66. The molecule has 4 rings (SSSR count). The fourth-order valence-electron chi connectivity index (χ4n) is 4.58. The van der Waals surface area contributed by atoms with Crippen molar-refractivity contribution in [3.05, 3.63) is 40.8 Å². The van der Waals surface area contributed by atoms with Crippen molar-refractivity contribution in [3.8, 4) is 0 Å². The van der Waals surface area contributed by atoms with Crippen LogP contribution in [0.2, 0.25) is 0 Å². The molecule has 0 unspecified atom stereocenters. The van der Waals surface area contributed by atoms with Crippen molar-refractivity contribution in [1.29, 1.82) is 0 Å². The number of rotatable bonds is 2. The summed E-state index contributed by atoms with van der Waals surface area (Å²) < 4.78 is 8.58. The molecule has 1 aromatic carbocycles. The molecule has 26 heavy (non-hydrogen) atoms. The number of allylic oxidation sites excluding steroid dienone is 2. The molecule has 0 N–H and O–H groups in total. The molecule has 2 heterocycles. The first-order valence-electron chi connectivity index (χ1n) is 9.51. The van der Waals surface area contributed by atoms with Crippen LogP contribution < -0.4 is 4.90 Å². The Morgan fingerprint density at radius 2 is 1.85 bits per heavy atom. The van der Waals surface area contributed by atoms with Crippen LogP contribution in [-0.4, -0.2) is 31.2 Å². The van der Waals surface area contributed by atoms with E-state index in [1.165, 1.54) is 36.2 Å². The summed E-state index contributed by atoms with van der Waals surface area (Å²) in [5.41, 5.74) is 3.72. The number of likely N-dealkylation sites (N-methyl/N-ethyl adjacent to an activating group) is 1. The van der Waals surface area contributed by atoms with Crippen LogP contribution in [0.3, 0.4) is 0 Å². The largest absolute Gasteiger partial charge is 0.346 e. The van der Waals surface area contributed by atoms with Gasteiger partial charge in [-0.1, -0.05) is 51.3 Å². The van der Waals surface area contributed by atoms with E-state index in [2.05, 4.69) is 55.2 Å². The summed E-state index contributed by atoms with van der Waals surface area (Å²) in [4.78, 5) is 2.29. The van der Waals surface area contributed by atoms with Gasteiger partial charge in [0.2, 0.25) is 6.42 Å². The Balaban J connectivity index is 1.80. The van der Waals surface area contributed by atoms with Crippen molar-refractivity contribution in [2.45, 2.75) is 57.5 Å². The summed E-state index contributed by atoms with van der Waals surface area (Å²) in [6, 6.07) is 8.63.